The lowest BCUT2D eigenvalue weighted by atomic mass is 10.1. The summed E-state index contributed by atoms with van der Waals surface area (Å²) in [6.45, 7) is 2.56. The van der Waals surface area contributed by atoms with E-state index < -0.39 is 0 Å². The number of nitrogens with zero attached hydrogens (tertiary/aromatic N) is 2. The Bertz CT molecular complexity index is 1570. The summed E-state index contributed by atoms with van der Waals surface area (Å²) in [7, 11) is 6.62. The highest BCUT2D eigenvalue weighted by Crippen LogP contribution is 2.35. The van der Waals surface area contributed by atoms with E-state index in [9.17, 15) is 0 Å². The molecule has 0 fully saturated rings. The van der Waals surface area contributed by atoms with E-state index in [-0.39, 0.29) is 0 Å². The van der Waals surface area contributed by atoms with Crippen molar-refractivity contribution in [2.45, 2.75) is 26.2 Å². The molecular weight excluding hydrogens is 690 g/mol. The summed E-state index contributed by atoms with van der Waals surface area (Å²) in [4.78, 5) is 6.51. The fourth-order valence-corrected chi connectivity index (χ4v) is 5.70. The molecule has 0 saturated heterocycles. The second-order valence-corrected chi connectivity index (χ2v) is 11.6. The molecule has 232 valence electrons. The molecule has 5 rings (SSSR count). The molecule has 5 N–H and O–H groups in total. The number of nitrogens with two attached hydrogens (primary N) is 2. The molecule has 44 heavy (non-hydrogen) atoms. The molecule has 0 atom stereocenters. The number of aliphatic imine (C=N–C) groups is 1. The van der Waals surface area contributed by atoms with Gasteiger partial charge in [0.2, 0.25) is 0 Å². The minimum atomic E-state index is 0.489. The SMILES string of the molecule is COc1cccc(OC)c1CN1Cc2c(Br)cccc2N=C1N.COc1cccc(OC)c1CNCc1ccc(Br)cc1N. The summed E-state index contributed by atoms with van der Waals surface area (Å²) in [5, 5.41) is 3.37. The summed E-state index contributed by atoms with van der Waals surface area (Å²) in [6.07, 6.45) is 0. The normalized spacial score (nSPS) is 12.0. The average molecular weight is 727 g/mol. The fraction of sp³-hybridized carbons (Fsp3) is 0.242. The number of guanidine groups is 1. The van der Waals surface area contributed by atoms with E-state index in [1.807, 2.05) is 77.7 Å². The van der Waals surface area contributed by atoms with Gasteiger partial charge in [0.05, 0.1) is 46.2 Å². The molecule has 0 bridgehead atoms. The van der Waals surface area contributed by atoms with Crippen LogP contribution in [0, 0.1) is 0 Å². The van der Waals surface area contributed by atoms with Crippen molar-refractivity contribution < 1.29 is 18.9 Å². The number of anilines is 1. The molecular formula is C33H37Br2N5O4. The quantitative estimate of drug-likeness (QED) is 0.154. The van der Waals surface area contributed by atoms with Gasteiger partial charge in [0.15, 0.2) is 5.96 Å². The Morgan fingerprint density at radius 3 is 1.89 bits per heavy atom. The molecule has 0 spiro atoms. The summed E-state index contributed by atoms with van der Waals surface area (Å²) >= 11 is 6.99. The maximum atomic E-state index is 6.15. The molecule has 0 amide bonds. The van der Waals surface area contributed by atoms with Crippen LogP contribution in [0.3, 0.4) is 0 Å². The first-order valence-electron chi connectivity index (χ1n) is 13.8. The number of methoxy groups -OCH3 is 4. The molecule has 1 heterocycles. The summed E-state index contributed by atoms with van der Waals surface area (Å²) < 4.78 is 23.7. The van der Waals surface area contributed by atoms with E-state index >= 15 is 0 Å². The van der Waals surface area contributed by atoms with Gasteiger partial charge in [0.1, 0.15) is 23.0 Å². The third-order valence-corrected chi connectivity index (χ3v) is 8.37. The van der Waals surface area contributed by atoms with Crippen LogP contribution in [0.5, 0.6) is 23.0 Å². The number of nitrogens with one attached hydrogen (secondary N) is 1. The molecule has 0 aromatic heterocycles. The van der Waals surface area contributed by atoms with Crippen molar-refractivity contribution in [1.82, 2.24) is 10.2 Å². The van der Waals surface area contributed by atoms with E-state index in [0.717, 1.165) is 65.6 Å². The Hall–Kier alpha value is -3.93. The van der Waals surface area contributed by atoms with Crippen LogP contribution in [0.1, 0.15) is 22.3 Å². The summed E-state index contributed by atoms with van der Waals surface area (Å²) in [6, 6.07) is 23.3. The van der Waals surface area contributed by atoms with E-state index in [1.165, 1.54) is 0 Å². The van der Waals surface area contributed by atoms with Gasteiger partial charge >= 0.3 is 0 Å². The maximum absolute atomic E-state index is 6.15. The van der Waals surface area contributed by atoms with Crippen molar-refractivity contribution in [1.29, 1.82) is 0 Å². The molecule has 11 heteroatoms. The topological polar surface area (TPSA) is 117 Å². The molecule has 4 aromatic rings. The lowest BCUT2D eigenvalue weighted by Crippen LogP contribution is -2.38. The zero-order valence-electron chi connectivity index (χ0n) is 25.2. The third-order valence-electron chi connectivity index (χ3n) is 7.14. The third kappa shape index (κ3) is 7.96. The number of rotatable bonds is 10. The minimum Gasteiger partial charge on any atom is -0.496 e. The smallest absolute Gasteiger partial charge is 0.197 e. The van der Waals surface area contributed by atoms with Crippen molar-refractivity contribution in [3.8, 4) is 23.0 Å². The second kappa shape index (κ2) is 15.7. The Morgan fingerprint density at radius 2 is 1.32 bits per heavy atom. The first-order chi connectivity index (χ1) is 21.3. The molecule has 0 saturated carbocycles. The fourth-order valence-electron chi connectivity index (χ4n) is 4.84. The number of hydrogen-bond acceptors (Lipinski definition) is 9. The minimum absolute atomic E-state index is 0.489. The number of hydrogen-bond donors (Lipinski definition) is 3. The Morgan fingerprint density at radius 1 is 0.750 bits per heavy atom. The highest BCUT2D eigenvalue weighted by molar-refractivity contribution is 9.10. The van der Waals surface area contributed by atoms with Gasteiger partial charge in [-0.3, -0.25) is 0 Å². The van der Waals surface area contributed by atoms with Crippen LogP contribution in [0.25, 0.3) is 0 Å². The largest absolute Gasteiger partial charge is 0.496 e. The average Bonchev–Trinajstić information content (AvgIpc) is 3.03. The standard InChI is InChI=1S/C17H18BrN3O2.C16H19BrN2O2/c1-22-15-7-4-8-16(23-2)12(15)10-21-9-11-13(18)5-3-6-14(11)20-17(21)19;1-20-15-4-3-5-16(21-2)13(15)10-19-9-11-6-7-12(17)8-14(11)18/h3-8H,9-10H2,1-2H3,(H2,19,20);3-8,19H,9-10,18H2,1-2H3. The van der Waals surface area contributed by atoms with Crippen LogP contribution in [-0.2, 0) is 26.2 Å². The van der Waals surface area contributed by atoms with Crippen LogP contribution in [-0.4, -0.2) is 39.3 Å². The highest BCUT2D eigenvalue weighted by atomic mass is 79.9. The van der Waals surface area contributed by atoms with Gasteiger partial charge in [-0.05, 0) is 54.1 Å². The summed E-state index contributed by atoms with van der Waals surface area (Å²) in [5.41, 5.74) is 17.9. The lowest BCUT2D eigenvalue weighted by Gasteiger charge is -2.29. The van der Waals surface area contributed by atoms with Gasteiger partial charge in [-0.15, -0.1) is 0 Å². The number of halogens is 2. The molecule has 0 radical (unpaired) electrons. The zero-order chi connectivity index (χ0) is 31.6. The van der Waals surface area contributed by atoms with Gasteiger partial charge in [0.25, 0.3) is 0 Å². The molecule has 0 aliphatic carbocycles. The van der Waals surface area contributed by atoms with Gasteiger partial charge in [-0.1, -0.05) is 56.1 Å². The summed E-state index contributed by atoms with van der Waals surface area (Å²) in [5.74, 6) is 3.66. The molecule has 0 unspecified atom stereocenters. The van der Waals surface area contributed by atoms with Crippen LogP contribution >= 0.6 is 31.9 Å². The number of nitrogen functional groups attached to an aromatic ring is 1. The molecule has 1 aliphatic heterocycles. The van der Waals surface area contributed by atoms with Crippen molar-refractivity contribution in [2.75, 3.05) is 34.2 Å². The number of fused-ring (bicyclic) bond motifs is 1. The Balaban J connectivity index is 0.000000202. The molecule has 4 aromatic carbocycles. The monoisotopic (exact) mass is 725 g/mol. The Labute approximate surface area is 275 Å². The van der Waals surface area contributed by atoms with Crippen molar-refractivity contribution in [2.24, 2.45) is 10.7 Å². The number of ether oxygens (including phenoxy) is 4. The van der Waals surface area contributed by atoms with E-state index in [0.29, 0.717) is 32.1 Å². The predicted octanol–water partition coefficient (Wildman–Crippen LogP) is 6.77. The lowest BCUT2D eigenvalue weighted by molar-refractivity contribution is 0.348. The van der Waals surface area contributed by atoms with E-state index in [1.54, 1.807) is 28.4 Å². The van der Waals surface area contributed by atoms with Gasteiger partial charge in [0, 0.05) is 45.4 Å². The van der Waals surface area contributed by atoms with Crippen LogP contribution in [0.2, 0.25) is 0 Å². The van der Waals surface area contributed by atoms with Gasteiger partial charge in [-0.25, -0.2) is 4.99 Å². The van der Waals surface area contributed by atoms with Crippen molar-refractivity contribution in [3.05, 3.63) is 104 Å². The van der Waals surface area contributed by atoms with Crippen LogP contribution in [0.4, 0.5) is 11.4 Å². The second-order valence-electron chi connectivity index (χ2n) is 9.79. The predicted molar refractivity (Wildman–Crippen MR) is 183 cm³/mol. The van der Waals surface area contributed by atoms with Gasteiger partial charge in [-0.2, -0.15) is 0 Å². The maximum Gasteiger partial charge on any atom is 0.197 e. The van der Waals surface area contributed by atoms with Crippen molar-refractivity contribution in [3.63, 3.8) is 0 Å². The van der Waals surface area contributed by atoms with Gasteiger partial charge < -0.3 is 40.6 Å². The van der Waals surface area contributed by atoms with E-state index in [4.69, 9.17) is 30.4 Å². The number of benzene rings is 4. The highest BCUT2D eigenvalue weighted by Gasteiger charge is 2.22. The van der Waals surface area contributed by atoms with Crippen LogP contribution in [0.15, 0.2) is 86.7 Å². The van der Waals surface area contributed by atoms with Crippen molar-refractivity contribution >= 4 is 49.2 Å². The van der Waals surface area contributed by atoms with E-state index in [2.05, 4.69) is 42.2 Å². The Kier molecular flexibility index (Phi) is 11.8. The molecule has 1 aliphatic rings. The van der Waals surface area contributed by atoms with Crippen LogP contribution < -0.4 is 35.7 Å². The first kappa shape index (κ1) is 33.0. The first-order valence-corrected chi connectivity index (χ1v) is 15.4. The molecule has 9 nitrogen and oxygen atoms in total. The zero-order valence-corrected chi connectivity index (χ0v) is 28.4.